The highest BCUT2D eigenvalue weighted by Crippen LogP contribution is 2.27. The van der Waals surface area contributed by atoms with Gasteiger partial charge in [0.2, 0.25) is 0 Å². The van der Waals surface area contributed by atoms with Crippen molar-refractivity contribution >= 4 is 17.6 Å². The Morgan fingerprint density at radius 3 is 2.35 bits per heavy atom. The van der Waals surface area contributed by atoms with Crippen LogP contribution in [0.2, 0.25) is 0 Å². The third kappa shape index (κ3) is 5.96. The molecular formula is C28H36N2O4. The van der Waals surface area contributed by atoms with Crippen LogP contribution < -0.4 is 15.6 Å². The number of aryl methyl sites for hydroxylation is 1. The summed E-state index contributed by atoms with van der Waals surface area (Å²) in [7, 11) is 0. The summed E-state index contributed by atoms with van der Waals surface area (Å²) in [5.74, 6) is 0.250. The molecule has 1 amide bonds. The molecule has 0 radical (unpaired) electrons. The topological polar surface area (TPSA) is 77.4 Å². The maximum absolute atomic E-state index is 13.6. The van der Waals surface area contributed by atoms with Crippen molar-refractivity contribution < 1.29 is 14.3 Å². The van der Waals surface area contributed by atoms with Gasteiger partial charge in [-0.1, -0.05) is 39.0 Å². The lowest BCUT2D eigenvalue weighted by atomic mass is 9.88. The maximum atomic E-state index is 13.6. The Bertz CT molecular complexity index is 1070. The van der Waals surface area contributed by atoms with Crippen molar-refractivity contribution in [1.82, 2.24) is 4.57 Å². The van der Waals surface area contributed by atoms with Gasteiger partial charge < -0.3 is 14.6 Å². The highest BCUT2D eigenvalue weighted by Gasteiger charge is 2.23. The smallest absolute Gasteiger partial charge is 0.310 e. The molecule has 34 heavy (non-hydrogen) atoms. The van der Waals surface area contributed by atoms with E-state index in [0.29, 0.717) is 23.8 Å². The molecule has 6 heteroatoms. The fourth-order valence-electron chi connectivity index (χ4n) is 5.23. The van der Waals surface area contributed by atoms with Gasteiger partial charge in [-0.25, -0.2) is 0 Å². The lowest BCUT2D eigenvalue weighted by Crippen LogP contribution is -2.35. The van der Waals surface area contributed by atoms with Crippen molar-refractivity contribution in [3.63, 3.8) is 0 Å². The summed E-state index contributed by atoms with van der Waals surface area (Å²) in [5, 5.41) is 2.87. The van der Waals surface area contributed by atoms with E-state index in [2.05, 4.69) is 5.32 Å². The number of ether oxygens (including phenoxy) is 1. The summed E-state index contributed by atoms with van der Waals surface area (Å²) in [5.41, 5.74) is 2.91. The molecule has 2 aliphatic rings. The van der Waals surface area contributed by atoms with Gasteiger partial charge in [0.1, 0.15) is 11.3 Å². The number of fused-ring (bicyclic) bond motifs is 1. The second-order valence-electron chi connectivity index (χ2n) is 9.67. The Kier molecular flexibility index (Phi) is 8.20. The third-order valence-corrected chi connectivity index (χ3v) is 7.14. The average molecular weight is 465 g/mol. The van der Waals surface area contributed by atoms with Crippen LogP contribution in [0, 0.1) is 5.92 Å². The quantitative estimate of drug-likeness (QED) is 0.442. The predicted molar refractivity (Wildman–Crippen MR) is 133 cm³/mol. The van der Waals surface area contributed by atoms with Crippen molar-refractivity contribution in [1.29, 1.82) is 0 Å². The highest BCUT2D eigenvalue weighted by molar-refractivity contribution is 6.04. The summed E-state index contributed by atoms with van der Waals surface area (Å²) in [6, 6.07) is 8.50. The van der Waals surface area contributed by atoms with Crippen LogP contribution in [0.4, 0.5) is 5.69 Å². The zero-order valence-corrected chi connectivity index (χ0v) is 20.2. The minimum absolute atomic E-state index is 0.170. The van der Waals surface area contributed by atoms with Gasteiger partial charge in [0.05, 0.1) is 0 Å². The maximum Gasteiger partial charge on any atom is 0.310 e. The van der Waals surface area contributed by atoms with Crippen LogP contribution in [0.25, 0.3) is 0 Å². The fraction of sp³-hybridized carbons (Fsp3) is 0.536. The van der Waals surface area contributed by atoms with E-state index in [1.807, 2.05) is 10.6 Å². The fourth-order valence-corrected chi connectivity index (χ4v) is 5.23. The van der Waals surface area contributed by atoms with Crippen molar-refractivity contribution in [2.24, 2.45) is 5.92 Å². The zero-order valence-electron chi connectivity index (χ0n) is 20.2. The molecule has 1 N–H and O–H groups in total. The van der Waals surface area contributed by atoms with Gasteiger partial charge in [0.25, 0.3) is 11.5 Å². The van der Waals surface area contributed by atoms with E-state index < -0.39 is 0 Å². The minimum Gasteiger partial charge on any atom is -0.427 e. The van der Waals surface area contributed by atoms with Crippen LogP contribution in [-0.4, -0.2) is 16.4 Å². The number of pyridine rings is 1. The van der Waals surface area contributed by atoms with Gasteiger partial charge in [-0.3, -0.25) is 14.4 Å². The minimum atomic E-state index is -0.384. The Hall–Kier alpha value is -2.89. The number of carbonyl (C=O) groups is 2. The molecule has 0 atom stereocenters. The summed E-state index contributed by atoms with van der Waals surface area (Å²) < 4.78 is 7.14. The largest absolute Gasteiger partial charge is 0.427 e. The lowest BCUT2D eigenvalue weighted by Gasteiger charge is -2.26. The number of hydrogen-bond donors (Lipinski definition) is 1. The number of benzene rings is 1. The number of carbonyl (C=O) groups excluding carboxylic acids is 2. The molecule has 2 aliphatic carbocycles. The Balaban J connectivity index is 1.60. The number of amides is 1. The first-order chi connectivity index (χ1) is 16.5. The molecule has 4 rings (SSSR count). The van der Waals surface area contributed by atoms with E-state index in [1.54, 1.807) is 31.2 Å². The van der Waals surface area contributed by atoms with Crippen LogP contribution in [-0.2, 0) is 24.2 Å². The molecule has 1 saturated carbocycles. The zero-order chi connectivity index (χ0) is 23.9. The van der Waals surface area contributed by atoms with Crippen LogP contribution in [0.3, 0.4) is 0 Å². The van der Waals surface area contributed by atoms with E-state index in [-0.39, 0.29) is 23.0 Å². The average Bonchev–Trinajstić information content (AvgIpc) is 2.83. The molecule has 0 spiro atoms. The molecule has 6 nitrogen and oxygen atoms in total. The van der Waals surface area contributed by atoms with Gasteiger partial charge >= 0.3 is 5.97 Å². The number of aromatic nitrogens is 1. The number of rotatable bonds is 6. The van der Waals surface area contributed by atoms with E-state index >= 15 is 0 Å². The molecule has 1 heterocycles. The van der Waals surface area contributed by atoms with Crippen LogP contribution in [0.15, 0.2) is 35.1 Å². The van der Waals surface area contributed by atoms with Crippen molar-refractivity contribution in [3.8, 4) is 5.75 Å². The van der Waals surface area contributed by atoms with Crippen molar-refractivity contribution in [3.05, 3.63) is 57.5 Å². The molecule has 2 aromatic rings. The standard InChI is InChI=1S/C28H36N2O4/c1-2-26(31)34-23-16-14-22(15-17-23)29-27(32)24-18-21-12-8-3-4-9-13-25(21)30(28(24)33)19-20-10-6-5-7-11-20/h14-18,20H,2-13,19H2,1H3,(H,29,32). The van der Waals surface area contributed by atoms with Gasteiger partial charge in [0.15, 0.2) is 0 Å². The van der Waals surface area contributed by atoms with Gasteiger partial charge in [-0.15, -0.1) is 0 Å². The molecule has 0 bridgehead atoms. The molecular weight excluding hydrogens is 428 g/mol. The molecule has 0 saturated heterocycles. The summed E-state index contributed by atoms with van der Waals surface area (Å²) >= 11 is 0. The van der Waals surface area contributed by atoms with Gasteiger partial charge in [-0.2, -0.15) is 0 Å². The normalized spacial score (nSPS) is 16.7. The summed E-state index contributed by atoms with van der Waals surface area (Å²) in [4.78, 5) is 38.3. The Labute approximate surface area is 201 Å². The SMILES string of the molecule is CCC(=O)Oc1ccc(NC(=O)c2cc3c(n(CC4CCCCC4)c2=O)CCCCCC3)cc1. The Morgan fingerprint density at radius 1 is 0.971 bits per heavy atom. The lowest BCUT2D eigenvalue weighted by molar-refractivity contribution is -0.134. The first kappa shape index (κ1) is 24.2. The first-order valence-electron chi connectivity index (χ1n) is 12.9. The second-order valence-corrected chi connectivity index (χ2v) is 9.67. The second kappa shape index (κ2) is 11.5. The molecule has 1 aromatic heterocycles. The van der Waals surface area contributed by atoms with Crippen molar-refractivity contribution in [2.45, 2.75) is 90.5 Å². The predicted octanol–water partition coefficient (Wildman–Crippen LogP) is 5.66. The van der Waals surface area contributed by atoms with Crippen LogP contribution in [0.5, 0.6) is 5.75 Å². The van der Waals surface area contributed by atoms with Crippen LogP contribution in [0.1, 0.15) is 92.7 Å². The monoisotopic (exact) mass is 464 g/mol. The van der Waals surface area contributed by atoms with Crippen molar-refractivity contribution in [2.75, 3.05) is 5.32 Å². The van der Waals surface area contributed by atoms with E-state index in [1.165, 1.54) is 32.1 Å². The Morgan fingerprint density at radius 2 is 1.65 bits per heavy atom. The highest BCUT2D eigenvalue weighted by atomic mass is 16.5. The number of nitrogens with zero attached hydrogens (tertiary/aromatic N) is 1. The summed E-state index contributed by atoms with van der Waals surface area (Å²) in [6.07, 6.45) is 12.8. The van der Waals surface area contributed by atoms with E-state index in [9.17, 15) is 14.4 Å². The number of nitrogens with one attached hydrogen (secondary N) is 1. The number of anilines is 1. The van der Waals surface area contributed by atoms with E-state index in [4.69, 9.17) is 4.74 Å². The number of esters is 1. The van der Waals surface area contributed by atoms with Gasteiger partial charge in [-0.05, 0) is 80.3 Å². The molecule has 1 fully saturated rings. The molecule has 1 aromatic carbocycles. The third-order valence-electron chi connectivity index (χ3n) is 7.14. The van der Waals surface area contributed by atoms with Gasteiger partial charge in [0, 0.05) is 24.3 Å². The molecule has 182 valence electrons. The summed E-state index contributed by atoms with van der Waals surface area (Å²) in [6.45, 7) is 2.46. The first-order valence-corrected chi connectivity index (χ1v) is 12.9. The molecule has 0 unspecified atom stereocenters. The molecule has 0 aliphatic heterocycles. The van der Waals surface area contributed by atoms with E-state index in [0.717, 1.165) is 56.3 Å². The van der Waals surface area contributed by atoms with Crippen LogP contribution >= 0.6 is 0 Å². The number of hydrogen-bond acceptors (Lipinski definition) is 4.